The number of para-hydroxylation sites is 2. The molecular formula is C38H28N4O4S. The van der Waals surface area contributed by atoms with E-state index in [1.807, 2.05) is 79.0 Å². The smallest absolute Gasteiger partial charge is 0.268 e. The zero-order valence-corrected chi connectivity index (χ0v) is 25.8. The minimum Gasteiger partial charge on any atom is -0.361 e. The van der Waals surface area contributed by atoms with Crippen LogP contribution >= 0.6 is 0 Å². The lowest BCUT2D eigenvalue weighted by molar-refractivity contribution is 0.0958. The Bertz CT molecular complexity index is 2480. The van der Waals surface area contributed by atoms with Gasteiger partial charge in [-0.25, -0.2) is 12.4 Å². The van der Waals surface area contributed by atoms with Gasteiger partial charge in [-0.3, -0.25) is 9.59 Å². The van der Waals surface area contributed by atoms with E-state index in [4.69, 9.17) is 0 Å². The number of fused-ring (bicyclic) bond motifs is 4. The van der Waals surface area contributed by atoms with Crippen LogP contribution in [0.2, 0.25) is 0 Å². The summed E-state index contributed by atoms with van der Waals surface area (Å²) < 4.78 is 27.9. The Morgan fingerprint density at radius 3 is 1.81 bits per heavy atom. The van der Waals surface area contributed by atoms with E-state index >= 15 is 0 Å². The number of hydrogen-bond donors (Lipinski definition) is 3. The largest absolute Gasteiger partial charge is 0.361 e. The maximum Gasteiger partial charge on any atom is 0.268 e. The van der Waals surface area contributed by atoms with Gasteiger partial charge in [0, 0.05) is 52.9 Å². The fraction of sp³-hybridized carbons (Fsp3) is 0.0526. The zero-order valence-electron chi connectivity index (χ0n) is 25.0. The van der Waals surface area contributed by atoms with Crippen molar-refractivity contribution in [3.63, 3.8) is 0 Å². The van der Waals surface area contributed by atoms with Crippen molar-refractivity contribution >= 4 is 43.6 Å². The van der Waals surface area contributed by atoms with Crippen LogP contribution in [0, 0.1) is 0 Å². The number of benzene rings is 5. The minimum atomic E-state index is -3.76. The average Bonchev–Trinajstić information content (AvgIpc) is 3.90. The summed E-state index contributed by atoms with van der Waals surface area (Å²) in [5.41, 5.74) is 8.66. The summed E-state index contributed by atoms with van der Waals surface area (Å²) in [4.78, 5) is 27.9. The van der Waals surface area contributed by atoms with Gasteiger partial charge in [0.25, 0.3) is 21.8 Å². The zero-order chi connectivity index (χ0) is 32.1. The predicted octanol–water partition coefficient (Wildman–Crippen LogP) is 6.87. The summed E-state index contributed by atoms with van der Waals surface area (Å²) in [6, 6.07) is 35.5. The van der Waals surface area contributed by atoms with E-state index in [2.05, 4.69) is 21.7 Å². The molecule has 8 nitrogen and oxygen atoms in total. The molecule has 0 fully saturated rings. The van der Waals surface area contributed by atoms with E-state index in [0.29, 0.717) is 24.2 Å². The Hall–Kier alpha value is -5.93. The molecule has 4 heterocycles. The van der Waals surface area contributed by atoms with Gasteiger partial charge < -0.3 is 15.6 Å². The molecule has 0 bridgehead atoms. The molecule has 0 saturated heterocycles. The molecule has 0 aliphatic carbocycles. The van der Waals surface area contributed by atoms with Crippen LogP contribution in [0.4, 0.5) is 0 Å². The van der Waals surface area contributed by atoms with Crippen molar-refractivity contribution in [2.75, 3.05) is 0 Å². The van der Waals surface area contributed by atoms with E-state index in [1.54, 1.807) is 42.6 Å². The van der Waals surface area contributed by atoms with Crippen molar-refractivity contribution < 1.29 is 18.0 Å². The van der Waals surface area contributed by atoms with Crippen LogP contribution in [-0.4, -0.2) is 29.2 Å². The van der Waals surface area contributed by atoms with E-state index < -0.39 is 10.0 Å². The summed E-state index contributed by atoms with van der Waals surface area (Å²) in [6.45, 7) is 1.12. The van der Waals surface area contributed by atoms with Gasteiger partial charge in [-0.15, -0.1) is 0 Å². The van der Waals surface area contributed by atoms with Gasteiger partial charge in [-0.2, -0.15) is 0 Å². The van der Waals surface area contributed by atoms with E-state index in [1.165, 1.54) is 3.97 Å². The van der Waals surface area contributed by atoms with Crippen molar-refractivity contribution in [1.29, 1.82) is 0 Å². The van der Waals surface area contributed by atoms with Gasteiger partial charge in [0.2, 0.25) is 0 Å². The van der Waals surface area contributed by atoms with Gasteiger partial charge in [-0.1, -0.05) is 91.0 Å². The Morgan fingerprint density at radius 1 is 0.553 bits per heavy atom. The third-order valence-electron chi connectivity index (χ3n) is 8.78. The molecule has 47 heavy (non-hydrogen) atoms. The average molecular weight is 637 g/mol. The summed E-state index contributed by atoms with van der Waals surface area (Å²) in [6.07, 6.45) is 3.60. The quantitative estimate of drug-likeness (QED) is 0.196. The van der Waals surface area contributed by atoms with Crippen molar-refractivity contribution in [3.05, 3.63) is 150 Å². The van der Waals surface area contributed by atoms with Crippen LogP contribution in [0.15, 0.2) is 133 Å². The number of amides is 2. The fourth-order valence-electron chi connectivity index (χ4n) is 6.57. The highest BCUT2D eigenvalue weighted by Crippen LogP contribution is 2.37. The molecule has 9 heteroatoms. The Kier molecular flexibility index (Phi) is 6.77. The highest BCUT2D eigenvalue weighted by molar-refractivity contribution is 7.90. The molecular weight excluding hydrogens is 609 g/mol. The maximum atomic E-state index is 13.3. The number of hydrogen-bond acceptors (Lipinski definition) is 4. The molecule has 2 aliphatic heterocycles. The highest BCUT2D eigenvalue weighted by Gasteiger charge is 2.27. The molecule has 0 radical (unpaired) electrons. The molecule has 2 aromatic heterocycles. The summed E-state index contributed by atoms with van der Waals surface area (Å²) in [5, 5.41) is 7.66. The van der Waals surface area contributed by atoms with Gasteiger partial charge in [0.1, 0.15) is 0 Å². The van der Waals surface area contributed by atoms with Crippen LogP contribution in [0.25, 0.3) is 44.1 Å². The van der Waals surface area contributed by atoms with Crippen LogP contribution < -0.4 is 10.6 Å². The number of nitrogens with zero attached hydrogens (tertiary/aromatic N) is 1. The number of aromatic nitrogens is 2. The molecule has 0 unspecified atom stereocenters. The topological polar surface area (TPSA) is 113 Å². The molecule has 3 N–H and O–H groups in total. The Morgan fingerprint density at radius 2 is 1.13 bits per heavy atom. The third-order valence-corrected chi connectivity index (χ3v) is 10.5. The molecule has 230 valence electrons. The number of nitrogens with one attached hydrogen (secondary N) is 3. The van der Waals surface area contributed by atoms with Crippen molar-refractivity contribution in [2.24, 2.45) is 0 Å². The van der Waals surface area contributed by atoms with Crippen LogP contribution in [0.1, 0.15) is 31.8 Å². The second-order valence-electron chi connectivity index (χ2n) is 11.5. The first-order valence-electron chi connectivity index (χ1n) is 15.2. The number of H-pyrrole nitrogens is 1. The first-order chi connectivity index (χ1) is 22.9. The van der Waals surface area contributed by atoms with Crippen molar-refractivity contribution in [1.82, 2.24) is 19.6 Å². The number of carbonyl (C=O) groups is 2. The monoisotopic (exact) mass is 636 g/mol. The summed E-state index contributed by atoms with van der Waals surface area (Å²) in [5.74, 6) is -0.107. The summed E-state index contributed by atoms with van der Waals surface area (Å²) in [7, 11) is -3.76. The van der Waals surface area contributed by atoms with E-state index in [0.717, 1.165) is 55.2 Å². The van der Waals surface area contributed by atoms with Crippen LogP contribution in [0.5, 0.6) is 0 Å². The first kappa shape index (κ1) is 28.5. The second-order valence-corrected chi connectivity index (χ2v) is 13.3. The normalized spacial score (nSPS) is 13.5. The number of aromatic amines is 1. The lowest BCUT2D eigenvalue weighted by atomic mass is 9.96. The predicted molar refractivity (Wildman–Crippen MR) is 182 cm³/mol. The molecule has 9 rings (SSSR count). The SMILES string of the molecule is O=C1NCc2cccc(-c3c[nH]c4ccccc34)c21.O=C1NCc2cccc(-c3cn(S(=O)(=O)c4ccccc4)c4ccccc34)c21. The molecule has 0 spiro atoms. The standard InChI is InChI=1S/C22H16N2O3S.C16H12N2O/c25-22-21-15(13-23-22)7-6-11-18(21)19-14-24(20-12-5-4-10-17(19)20)28(26,27)16-8-2-1-3-9-16;19-16-15-10(8-18-16)4-3-6-12(15)13-9-17-14-7-2-1-5-11(13)14/h1-12,14H,13H2,(H,23,25);1-7,9,17H,8H2,(H,18,19). The van der Waals surface area contributed by atoms with Gasteiger partial charge in [0.05, 0.1) is 21.5 Å². The van der Waals surface area contributed by atoms with Gasteiger partial charge in [0.15, 0.2) is 0 Å². The number of rotatable bonds is 4. The molecule has 0 atom stereocenters. The van der Waals surface area contributed by atoms with E-state index in [-0.39, 0.29) is 16.7 Å². The Labute approximate surface area is 270 Å². The van der Waals surface area contributed by atoms with Crippen LogP contribution in [-0.2, 0) is 23.1 Å². The maximum absolute atomic E-state index is 13.3. The first-order valence-corrected chi connectivity index (χ1v) is 16.6. The Balaban J connectivity index is 0.000000148. The summed E-state index contributed by atoms with van der Waals surface area (Å²) >= 11 is 0. The molecule has 5 aromatic carbocycles. The molecule has 0 saturated carbocycles. The lowest BCUT2D eigenvalue weighted by Crippen LogP contribution is -2.13. The van der Waals surface area contributed by atoms with Crippen molar-refractivity contribution in [3.8, 4) is 22.3 Å². The molecule has 2 aliphatic rings. The fourth-order valence-corrected chi connectivity index (χ4v) is 7.96. The number of carbonyl (C=O) groups excluding carboxylic acids is 2. The van der Waals surface area contributed by atoms with Gasteiger partial charge in [-0.05, 0) is 46.5 Å². The second kappa shape index (κ2) is 11.1. The van der Waals surface area contributed by atoms with Gasteiger partial charge >= 0.3 is 0 Å². The molecule has 7 aromatic rings. The van der Waals surface area contributed by atoms with E-state index in [9.17, 15) is 18.0 Å². The van der Waals surface area contributed by atoms with Crippen LogP contribution in [0.3, 0.4) is 0 Å². The lowest BCUT2D eigenvalue weighted by Gasteiger charge is -2.07. The minimum absolute atomic E-state index is 0.0240. The van der Waals surface area contributed by atoms with Crippen molar-refractivity contribution in [2.45, 2.75) is 18.0 Å². The highest BCUT2D eigenvalue weighted by atomic mass is 32.2. The third kappa shape index (κ3) is 4.71. The molecule has 2 amide bonds.